The summed E-state index contributed by atoms with van der Waals surface area (Å²) in [6.07, 6.45) is 5.64. The zero-order valence-corrected chi connectivity index (χ0v) is 17.4. The summed E-state index contributed by atoms with van der Waals surface area (Å²) in [5.41, 5.74) is 0.595. The molecule has 0 atom stereocenters. The third-order valence-electron chi connectivity index (χ3n) is 6.06. The van der Waals surface area contributed by atoms with Crippen molar-refractivity contribution >= 4 is 27.0 Å². The van der Waals surface area contributed by atoms with Gasteiger partial charge in [0.2, 0.25) is 15.9 Å². The molecule has 9 heteroatoms. The molecule has 1 aliphatic heterocycles. The van der Waals surface area contributed by atoms with Crippen molar-refractivity contribution in [2.24, 2.45) is 5.92 Å². The van der Waals surface area contributed by atoms with Crippen LogP contribution in [0.15, 0.2) is 32.3 Å². The van der Waals surface area contributed by atoms with E-state index in [4.69, 9.17) is 4.42 Å². The van der Waals surface area contributed by atoms with Crippen molar-refractivity contribution in [3.63, 3.8) is 0 Å². The third-order valence-corrected chi connectivity index (χ3v) is 7.57. The molecule has 8 nitrogen and oxygen atoms in total. The molecular weight excluding hydrogens is 394 g/mol. The summed E-state index contributed by atoms with van der Waals surface area (Å²) in [5, 5.41) is 0. The highest BCUT2D eigenvalue weighted by Gasteiger charge is 2.25. The Morgan fingerprint density at radius 3 is 2.55 bits per heavy atom. The minimum atomic E-state index is -3.68. The molecule has 2 fully saturated rings. The number of benzene rings is 1. The smallest absolute Gasteiger partial charge is 0.408 e. The molecule has 1 aromatic carbocycles. The number of likely N-dealkylation sites (tertiary alicyclic amines) is 1. The molecule has 0 radical (unpaired) electrons. The summed E-state index contributed by atoms with van der Waals surface area (Å²) in [5.74, 6) is -0.173. The van der Waals surface area contributed by atoms with Crippen LogP contribution in [0.2, 0.25) is 0 Å². The predicted octanol–water partition coefficient (Wildman–Crippen LogP) is 2.07. The normalized spacial score (nSPS) is 19.3. The number of sulfonamides is 1. The maximum atomic E-state index is 12.6. The molecule has 1 saturated carbocycles. The molecule has 158 valence electrons. The Labute approximate surface area is 169 Å². The molecule has 2 heterocycles. The molecule has 29 heavy (non-hydrogen) atoms. The fourth-order valence-electron chi connectivity index (χ4n) is 4.19. The van der Waals surface area contributed by atoms with Gasteiger partial charge in [0.05, 0.1) is 10.4 Å². The fraction of sp³-hybridized carbons (Fsp3) is 0.600. The van der Waals surface area contributed by atoms with Crippen molar-refractivity contribution < 1.29 is 17.6 Å². The van der Waals surface area contributed by atoms with Crippen LogP contribution in [0.1, 0.15) is 45.4 Å². The van der Waals surface area contributed by atoms with Crippen molar-refractivity contribution in [1.82, 2.24) is 14.2 Å². The topological polar surface area (TPSA) is 102 Å². The molecule has 1 N–H and O–H groups in total. The van der Waals surface area contributed by atoms with Gasteiger partial charge in [-0.2, -0.15) is 0 Å². The highest BCUT2D eigenvalue weighted by molar-refractivity contribution is 7.89. The van der Waals surface area contributed by atoms with E-state index < -0.39 is 15.8 Å². The monoisotopic (exact) mass is 421 g/mol. The van der Waals surface area contributed by atoms with E-state index in [2.05, 4.69) is 11.6 Å². The Morgan fingerprint density at radius 2 is 1.86 bits per heavy atom. The molecular formula is C20H27N3O5S. The summed E-state index contributed by atoms with van der Waals surface area (Å²) in [6.45, 7) is 3.45. The standard InChI is InChI=1S/C20H27N3O5S/c1-14-8-10-22(11-9-14)19(24)13-23-17-7-6-16(12-18(17)28-20(23)25)29(26,27)21-15-4-2-3-5-15/h6-7,12,14-15,21H,2-5,8-11,13H2,1H3. The molecule has 0 bridgehead atoms. The van der Waals surface area contributed by atoms with Crippen molar-refractivity contribution in [2.75, 3.05) is 13.1 Å². The van der Waals surface area contributed by atoms with Gasteiger partial charge in [0.15, 0.2) is 5.58 Å². The molecule has 1 amide bonds. The second-order valence-corrected chi connectivity index (χ2v) is 9.96. The second-order valence-electron chi connectivity index (χ2n) is 8.25. The lowest BCUT2D eigenvalue weighted by atomic mass is 9.99. The summed E-state index contributed by atoms with van der Waals surface area (Å²) >= 11 is 0. The summed E-state index contributed by atoms with van der Waals surface area (Å²) in [4.78, 5) is 26.8. The van der Waals surface area contributed by atoms with Gasteiger partial charge in [-0.05, 0) is 43.7 Å². The molecule has 0 spiro atoms. The fourth-order valence-corrected chi connectivity index (χ4v) is 5.51. The van der Waals surface area contributed by atoms with E-state index >= 15 is 0 Å². The van der Waals surface area contributed by atoms with E-state index in [1.807, 2.05) is 0 Å². The van der Waals surface area contributed by atoms with E-state index in [1.54, 1.807) is 4.90 Å². The van der Waals surface area contributed by atoms with Gasteiger partial charge >= 0.3 is 5.76 Å². The van der Waals surface area contributed by atoms with Crippen LogP contribution < -0.4 is 10.5 Å². The quantitative estimate of drug-likeness (QED) is 0.796. The second kappa shape index (κ2) is 7.95. The van der Waals surface area contributed by atoms with Gasteiger partial charge in [0, 0.05) is 25.2 Å². The van der Waals surface area contributed by atoms with Crippen LogP contribution in [-0.4, -0.2) is 42.9 Å². The van der Waals surface area contributed by atoms with Gasteiger partial charge in [0.25, 0.3) is 0 Å². The number of nitrogens with zero attached hydrogens (tertiary/aromatic N) is 2. The maximum absolute atomic E-state index is 12.6. The van der Waals surface area contributed by atoms with Crippen LogP contribution in [-0.2, 0) is 21.4 Å². The Morgan fingerprint density at radius 1 is 1.17 bits per heavy atom. The highest BCUT2D eigenvalue weighted by atomic mass is 32.2. The molecule has 1 aromatic heterocycles. The minimum absolute atomic E-state index is 0.0443. The van der Waals surface area contributed by atoms with Gasteiger partial charge < -0.3 is 9.32 Å². The lowest BCUT2D eigenvalue weighted by molar-refractivity contribution is -0.133. The Balaban J connectivity index is 1.55. The van der Waals surface area contributed by atoms with Crippen LogP contribution in [0, 0.1) is 5.92 Å². The molecule has 2 aliphatic rings. The first-order valence-electron chi connectivity index (χ1n) is 10.3. The zero-order chi connectivity index (χ0) is 20.6. The number of piperidine rings is 1. The van der Waals surface area contributed by atoms with E-state index in [1.165, 1.54) is 22.8 Å². The van der Waals surface area contributed by atoms with E-state index in [0.29, 0.717) is 24.5 Å². The van der Waals surface area contributed by atoms with Crippen LogP contribution >= 0.6 is 0 Å². The third kappa shape index (κ3) is 4.25. The number of carbonyl (C=O) groups excluding carboxylic acids is 1. The molecule has 2 aromatic rings. The van der Waals surface area contributed by atoms with Crippen LogP contribution in [0.25, 0.3) is 11.1 Å². The van der Waals surface area contributed by atoms with Gasteiger partial charge in [-0.3, -0.25) is 9.36 Å². The molecule has 1 aliphatic carbocycles. The number of fused-ring (bicyclic) bond motifs is 1. The number of hydrogen-bond acceptors (Lipinski definition) is 5. The molecule has 4 rings (SSSR count). The lowest BCUT2D eigenvalue weighted by Gasteiger charge is -2.30. The van der Waals surface area contributed by atoms with Crippen molar-refractivity contribution in [2.45, 2.75) is 62.9 Å². The largest absolute Gasteiger partial charge is 0.420 e. The van der Waals surface area contributed by atoms with Crippen LogP contribution in [0.4, 0.5) is 0 Å². The van der Waals surface area contributed by atoms with Crippen molar-refractivity contribution in [3.8, 4) is 0 Å². The van der Waals surface area contributed by atoms with Crippen LogP contribution in [0.3, 0.4) is 0 Å². The van der Waals surface area contributed by atoms with Gasteiger partial charge in [-0.15, -0.1) is 0 Å². The number of amides is 1. The number of carbonyl (C=O) groups is 1. The summed E-state index contributed by atoms with van der Waals surface area (Å²) < 4.78 is 34.5. The molecule has 0 unspecified atom stereocenters. The van der Waals surface area contributed by atoms with E-state index in [9.17, 15) is 18.0 Å². The van der Waals surface area contributed by atoms with Gasteiger partial charge in [0.1, 0.15) is 6.54 Å². The maximum Gasteiger partial charge on any atom is 0.420 e. The number of nitrogens with one attached hydrogen (secondary N) is 1. The summed E-state index contributed by atoms with van der Waals surface area (Å²) in [7, 11) is -3.68. The number of hydrogen-bond donors (Lipinski definition) is 1. The highest BCUT2D eigenvalue weighted by Crippen LogP contribution is 2.23. The van der Waals surface area contributed by atoms with Crippen LogP contribution in [0.5, 0.6) is 0 Å². The Bertz CT molecular complexity index is 1060. The average molecular weight is 422 g/mol. The average Bonchev–Trinajstić information content (AvgIpc) is 3.29. The number of rotatable bonds is 5. The predicted molar refractivity (Wildman–Crippen MR) is 108 cm³/mol. The van der Waals surface area contributed by atoms with E-state index in [0.717, 1.165) is 38.5 Å². The Hall–Kier alpha value is -2.13. The first-order valence-corrected chi connectivity index (χ1v) is 11.8. The number of oxazole rings is 1. The van der Waals surface area contributed by atoms with Crippen molar-refractivity contribution in [3.05, 3.63) is 28.7 Å². The van der Waals surface area contributed by atoms with Gasteiger partial charge in [-0.25, -0.2) is 17.9 Å². The first kappa shape index (κ1) is 20.2. The van der Waals surface area contributed by atoms with Crippen molar-refractivity contribution in [1.29, 1.82) is 0 Å². The first-order chi connectivity index (χ1) is 13.8. The minimum Gasteiger partial charge on any atom is -0.408 e. The SMILES string of the molecule is CC1CCN(C(=O)Cn2c(=O)oc3cc(S(=O)(=O)NC4CCCC4)ccc32)CC1. The van der Waals surface area contributed by atoms with E-state index in [-0.39, 0.29) is 29.0 Å². The summed E-state index contributed by atoms with van der Waals surface area (Å²) in [6, 6.07) is 4.31. The number of aromatic nitrogens is 1. The Kier molecular flexibility index (Phi) is 5.52. The lowest BCUT2D eigenvalue weighted by Crippen LogP contribution is -2.40. The zero-order valence-electron chi connectivity index (χ0n) is 16.6. The van der Waals surface area contributed by atoms with Gasteiger partial charge in [-0.1, -0.05) is 19.8 Å². The molecule has 1 saturated heterocycles.